The summed E-state index contributed by atoms with van der Waals surface area (Å²) in [4.78, 5) is 0.381. The van der Waals surface area contributed by atoms with Crippen molar-refractivity contribution in [1.82, 2.24) is 4.31 Å². The second-order valence-corrected chi connectivity index (χ2v) is 15.5. The number of aryl methyl sites for hydroxylation is 1. The van der Waals surface area contributed by atoms with E-state index in [1.807, 2.05) is 23.4 Å². The van der Waals surface area contributed by atoms with Crippen LogP contribution < -0.4 is 0 Å². The zero-order valence-electron chi connectivity index (χ0n) is 24.0. The lowest BCUT2D eigenvalue weighted by molar-refractivity contribution is 0.00423. The lowest BCUT2D eigenvalue weighted by Gasteiger charge is -2.61. The van der Waals surface area contributed by atoms with Crippen molar-refractivity contribution in [3.63, 3.8) is 0 Å². The highest BCUT2D eigenvalue weighted by molar-refractivity contribution is 8.00. The highest BCUT2D eigenvalue weighted by Gasteiger charge is 2.60. The molecule has 3 aromatic rings. The van der Waals surface area contributed by atoms with Crippen LogP contribution in [0.5, 0.6) is 0 Å². The molecule has 5 heteroatoms. The molecule has 39 heavy (non-hydrogen) atoms. The zero-order chi connectivity index (χ0) is 28.0. The molecular formula is C34H41NO2S2. The van der Waals surface area contributed by atoms with Crippen molar-refractivity contribution in [2.75, 3.05) is 5.75 Å². The fourth-order valence-corrected chi connectivity index (χ4v) is 9.97. The van der Waals surface area contributed by atoms with Crippen molar-refractivity contribution in [2.45, 2.75) is 76.1 Å². The molecule has 3 nitrogen and oxygen atoms in total. The number of sulfonamides is 1. The molecule has 5 rings (SSSR count). The number of rotatable bonds is 6. The van der Waals surface area contributed by atoms with Gasteiger partial charge in [-0.15, -0.1) is 11.8 Å². The number of nitrogens with zero attached hydrogens (tertiary/aromatic N) is 1. The predicted octanol–water partition coefficient (Wildman–Crippen LogP) is 8.40. The van der Waals surface area contributed by atoms with E-state index in [2.05, 4.69) is 101 Å². The molecule has 3 aromatic carbocycles. The van der Waals surface area contributed by atoms with E-state index in [-0.39, 0.29) is 34.1 Å². The van der Waals surface area contributed by atoms with Crippen molar-refractivity contribution in [3.05, 3.63) is 113 Å². The van der Waals surface area contributed by atoms with Gasteiger partial charge in [-0.2, -0.15) is 4.31 Å². The van der Waals surface area contributed by atoms with Crippen molar-refractivity contribution in [1.29, 1.82) is 0 Å². The third-order valence-electron chi connectivity index (χ3n) is 9.49. The van der Waals surface area contributed by atoms with Crippen LogP contribution in [0.3, 0.4) is 0 Å². The lowest BCUT2D eigenvalue weighted by Crippen LogP contribution is -2.63. The van der Waals surface area contributed by atoms with E-state index >= 15 is 0 Å². The minimum Gasteiger partial charge on any atom is -0.207 e. The molecule has 0 saturated carbocycles. The van der Waals surface area contributed by atoms with Crippen LogP contribution in [0.15, 0.2) is 101 Å². The molecule has 2 aliphatic rings. The Morgan fingerprint density at radius 3 is 1.95 bits per heavy atom. The van der Waals surface area contributed by atoms with E-state index in [1.165, 1.54) is 16.7 Å². The number of piperidine rings is 1. The normalized spacial score (nSPS) is 26.5. The molecule has 206 valence electrons. The van der Waals surface area contributed by atoms with E-state index in [9.17, 15) is 8.42 Å². The van der Waals surface area contributed by atoms with Gasteiger partial charge in [-0.05, 0) is 58.8 Å². The van der Waals surface area contributed by atoms with E-state index in [1.54, 1.807) is 23.9 Å². The molecule has 0 spiro atoms. The third-order valence-corrected chi connectivity index (χ3v) is 12.7. The Hall–Kier alpha value is -2.34. The van der Waals surface area contributed by atoms with Gasteiger partial charge in [0.05, 0.1) is 16.3 Å². The number of hydrogen-bond acceptors (Lipinski definition) is 3. The van der Waals surface area contributed by atoms with E-state index in [0.717, 1.165) is 17.7 Å². The average Bonchev–Trinajstić information content (AvgIpc) is 2.92. The van der Waals surface area contributed by atoms with Crippen LogP contribution in [-0.4, -0.2) is 29.9 Å². The van der Waals surface area contributed by atoms with Crippen molar-refractivity contribution in [3.8, 4) is 0 Å². The molecule has 0 N–H and O–H groups in total. The molecule has 0 radical (unpaired) electrons. The zero-order valence-corrected chi connectivity index (χ0v) is 25.6. The van der Waals surface area contributed by atoms with Crippen LogP contribution in [0.25, 0.3) is 0 Å². The predicted molar refractivity (Wildman–Crippen MR) is 165 cm³/mol. The molecule has 1 saturated heterocycles. The van der Waals surface area contributed by atoms with Gasteiger partial charge in [-0.1, -0.05) is 119 Å². The van der Waals surface area contributed by atoms with Gasteiger partial charge in [0.2, 0.25) is 10.0 Å². The summed E-state index contributed by atoms with van der Waals surface area (Å²) < 4.78 is 31.1. The van der Waals surface area contributed by atoms with Crippen molar-refractivity contribution < 1.29 is 8.42 Å². The second-order valence-electron chi connectivity index (χ2n) is 12.2. The van der Waals surface area contributed by atoms with Gasteiger partial charge in [0.15, 0.2) is 0 Å². The van der Waals surface area contributed by atoms with E-state index in [0.29, 0.717) is 4.90 Å². The first-order valence-corrected chi connectivity index (χ1v) is 16.5. The summed E-state index contributed by atoms with van der Waals surface area (Å²) >= 11 is 1.76. The van der Waals surface area contributed by atoms with Crippen LogP contribution in [-0.2, 0) is 10.0 Å². The van der Waals surface area contributed by atoms with Gasteiger partial charge in [0.1, 0.15) is 0 Å². The number of allylic oxidation sites excluding steroid dienone is 1. The Kier molecular flexibility index (Phi) is 7.64. The molecule has 1 aliphatic heterocycles. The minimum absolute atomic E-state index is 0.156. The summed E-state index contributed by atoms with van der Waals surface area (Å²) in [5, 5.41) is -0.156. The summed E-state index contributed by atoms with van der Waals surface area (Å²) in [5.41, 5.74) is 4.29. The van der Waals surface area contributed by atoms with Crippen molar-refractivity contribution in [2.24, 2.45) is 10.8 Å². The first kappa shape index (κ1) is 28.2. The fourth-order valence-electron chi connectivity index (χ4n) is 6.69. The topological polar surface area (TPSA) is 37.4 Å². The Labute approximate surface area is 239 Å². The summed E-state index contributed by atoms with van der Waals surface area (Å²) in [5.74, 6) is 1.19. The summed E-state index contributed by atoms with van der Waals surface area (Å²) in [6, 6.07) is 28.5. The molecular weight excluding hydrogens is 519 g/mol. The largest absolute Gasteiger partial charge is 0.244 e. The van der Waals surface area contributed by atoms with Gasteiger partial charge < -0.3 is 0 Å². The Balaban J connectivity index is 1.77. The highest BCUT2D eigenvalue weighted by Crippen LogP contribution is 2.62. The Bertz CT molecular complexity index is 1430. The number of fused-ring (bicyclic) bond motifs is 1. The molecule has 1 aliphatic carbocycles. The first-order chi connectivity index (χ1) is 18.5. The number of thioether (sulfide) groups is 1. The summed E-state index contributed by atoms with van der Waals surface area (Å²) in [6.45, 7) is 13.4. The summed E-state index contributed by atoms with van der Waals surface area (Å²) in [7, 11) is -3.76. The third kappa shape index (κ3) is 4.81. The van der Waals surface area contributed by atoms with Gasteiger partial charge >= 0.3 is 0 Å². The number of hydrogen-bond donors (Lipinski definition) is 0. The fraction of sp³-hybridized carbons (Fsp3) is 0.412. The maximum atomic E-state index is 14.6. The second kappa shape index (κ2) is 10.6. The maximum Gasteiger partial charge on any atom is 0.244 e. The SMILES string of the molecule is CCS[C@H]1C[C@@H](c2ccccc2)C2=C[C@H](c3ccccc3)C(C)(C)C(C)(C)[C@@H]2N1S(=O)(=O)c1ccc(C)cc1. The average molecular weight is 560 g/mol. The Morgan fingerprint density at radius 2 is 1.38 bits per heavy atom. The minimum atomic E-state index is -3.76. The maximum absolute atomic E-state index is 14.6. The highest BCUT2D eigenvalue weighted by atomic mass is 32.2. The molecule has 0 unspecified atom stereocenters. The van der Waals surface area contributed by atoms with Gasteiger partial charge in [-0.3, -0.25) is 0 Å². The van der Waals surface area contributed by atoms with Gasteiger partial charge in [-0.25, -0.2) is 8.42 Å². The molecule has 4 atom stereocenters. The van der Waals surface area contributed by atoms with Gasteiger partial charge in [0, 0.05) is 11.8 Å². The van der Waals surface area contributed by atoms with E-state index < -0.39 is 10.0 Å². The molecule has 0 amide bonds. The molecule has 0 bridgehead atoms. The van der Waals surface area contributed by atoms with Crippen LogP contribution in [0.2, 0.25) is 0 Å². The van der Waals surface area contributed by atoms with Crippen LogP contribution in [0.1, 0.15) is 69.6 Å². The molecule has 1 fully saturated rings. The standard InChI is InChI=1S/C34H41NO2S2/c1-7-38-31-23-28(25-14-10-8-11-15-25)29-22-30(26-16-12-9-13-17-26)33(3,4)34(5,6)32(29)35(31)39(36,37)27-20-18-24(2)19-21-27/h8-22,28,30-32H,7,23H2,1-6H3/t28-,30+,31-,32+/m0/s1. The van der Waals surface area contributed by atoms with Crippen molar-refractivity contribution >= 4 is 21.8 Å². The smallest absolute Gasteiger partial charge is 0.207 e. The van der Waals surface area contributed by atoms with Gasteiger partial charge in [0.25, 0.3) is 0 Å². The van der Waals surface area contributed by atoms with Crippen LogP contribution in [0, 0.1) is 17.8 Å². The van der Waals surface area contributed by atoms with Crippen LogP contribution in [0.4, 0.5) is 0 Å². The quantitative estimate of drug-likeness (QED) is 0.285. The number of benzene rings is 3. The Morgan fingerprint density at radius 1 is 0.821 bits per heavy atom. The monoisotopic (exact) mass is 559 g/mol. The van der Waals surface area contributed by atoms with E-state index in [4.69, 9.17) is 0 Å². The summed E-state index contributed by atoms with van der Waals surface area (Å²) in [6.07, 6.45) is 3.20. The molecule has 0 aromatic heterocycles. The lowest BCUT2D eigenvalue weighted by atomic mass is 9.50. The van der Waals surface area contributed by atoms with Crippen LogP contribution >= 0.6 is 11.8 Å². The molecule has 1 heterocycles. The first-order valence-electron chi connectivity index (χ1n) is 14.0.